The van der Waals surface area contributed by atoms with Crippen LogP contribution in [0.15, 0.2) is 41.6 Å². The zero-order chi connectivity index (χ0) is 15.2. The van der Waals surface area contributed by atoms with Crippen molar-refractivity contribution in [2.75, 3.05) is 24.7 Å². The van der Waals surface area contributed by atoms with Crippen LogP contribution in [0.4, 0.5) is 5.69 Å². The Bertz CT molecular complexity index is 591. The maximum absolute atomic E-state index is 10.8. The van der Waals surface area contributed by atoms with E-state index in [1.165, 1.54) is 11.8 Å². The molecule has 0 saturated heterocycles. The van der Waals surface area contributed by atoms with Crippen LogP contribution in [0.25, 0.3) is 6.08 Å². The number of carboxylic acids is 1. The highest BCUT2D eigenvalue weighted by atomic mass is 32.2. The Hall–Kier alpha value is -2.08. The van der Waals surface area contributed by atoms with E-state index in [2.05, 4.69) is 9.98 Å². The van der Waals surface area contributed by atoms with Gasteiger partial charge in [0, 0.05) is 19.8 Å². The average molecular weight is 303 g/mol. The van der Waals surface area contributed by atoms with Crippen molar-refractivity contribution in [3.63, 3.8) is 0 Å². The maximum atomic E-state index is 10.8. The van der Waals surface area contributed by atoms with E-state index in [4.69, 9.17) is 5.11 Å². The van der Waals surface area contributed by atoms with Gasteiger partial charge in [0.1, 0.15) is 0 Å². The first-order valence-corrected chi connectivity index (χ1v) is 7.46. The number of carboxylic acid groups (broad SMARTS) is 1. The topological polar surface area (TPSA) is 65.8 Å². The van der Waals surface area contributed by atoms with Crippen LogP contribution in [-0.2, 0) is 4.79 Å². The van der Waals surface area contributed by atoms with Crippen molar-refractivity contribution in [3.05, 3.63) is 42.3 Å². The molecule has 0 unspecified atom stereocenters. The lowest BCUT2D eigenvalue weighted by atomic mass is 10.3. The number of aromatic nitrogens is 1. The van der Waals surface area contributed by atoms with E-state index in [1.807, 2.05) is 61.6 Å². The lowest BCUT2D eigenvalue weighted by Gasteiger charge is -2.10. The molecule has 6 heteroatoms. The minimum atomic E-state index is -0.869. The van der Waals surface area contributed by atoms with Gasteiger partial charge >= 0.3 is 5.97 Å². The van der Waals surface area contributed by atoms with E-state index < -0.39 is 12.0 Å². The van der Waals surface area contributed by atoms with Gasteiger partial charge in [-0.2, -0.15) is 0 Å². The molecule has 0 spiro atoms. The van der Waals surface area contributed by atoms with Gasteiger partial charge in [0.15, 0.2) is 6.04 Å². The van der Waals surface area contributed by atoms with Crippen molar-refractivity contribution in [1.82, 2.24) is 4.98 Å². The van der Waals surface area contributed by atoms with Gasteiger partial charge in [0.25, 0.3) is 0 Å². The van der Waals surface area contributed by atoms with E-state index >= 15 is 0 Å². The van der Waals surface area contributed by atoms with E-state index in [1.54, 1.807) is 0 Å². The Morgan fingerprint density at radius 2 is 2.14 bits per heavy atom. The first-order valence-electron chi connectivity index (χ1n) is 6.48. The SMILES string of the molecule is CN(C)c1ccc(/C=C/C=C/C2=N[C@@H](C(=O)O)CS2)nc1. The van der Waals surface area contributed by atoms with Gasteiger partial charge in [0.05, 0.1) is 22.6 Å². The summed E-state index contributed by atoms with van der Waals surface area (Å²) in [5.74, 6) is -0.363. The molecule has 1 N–H and O–H groups in total. The van der Waals surface area contributed by atoms with Crippen molar-refractivity contribution in [3.8, 4) is 0 Å². The molecule has 0 saturated carbocycles. The molecule has 21 heavy (non-hydrogen) atoms. The molecule has 2 rings (SSSR count). The van der Waals surface area contributed by atoms with Crippen LogP contribution < -0.4 is 4.90 Å². The molecule has 5 nitrogen and oxygen atoms in total. The summed E-state index contributed by atoms with van der Waals surface area (Å²) < 4.78 is 0. The van der Waals surface area contributed by atoms with Crippen LogP contribution in [0.5, 0.6) is 0 Å². The van der Waals surface area contributed by atoms with Crippen LogP contribution in [0.1, 0.15) is 5.69 Å². The molecule has 0 fully saturated rings. The van der Waals surface area contributed by atoms with Crippen LogP contribution in [0.2, 0.25) is 0 Å². The zero-order valence-corrected chi connectivity index (χ0v) is 12.7. The van der Waals surface area contributed by atoms with Crippen LogP contribution >= 0.6 is 11.8 Å². The van der Waals surface area contributed by atoms with Gasteiger partial charge in [-0.3, -0.25) is 9.98 Å². The number of aliphatic imine (C=N–C) groups is 1. The van der Waals surface area contributed by atoms with Gasteiger partial charge in [-0.25, -0.2) is 4.79 Å². The number of aliphatic carboxylic acids is 1. The Kier molecular flexibility index (Phi) is 5.16. The Labute approximate surface area is 128 Å². The molecule has 1 aliphatic rings. The third-order valence-corrected chi connectivity index (χ3v) is 3.88. The van der Waals surface area contributed by atoms with Gasteiger partial charge in [-0.15, -0.1) is 11.8 Å². The summed E-state index contributed by atoms with van der Waals surface area (Å²) in [6.07, 6.45) is 9.24. The normalized spacial score (nSPS) is 18.4. The summed E-state index contributed by atoms with van der Waals surface area (Å²) in [6.45, 7) is 0. The Morgan fingerprint density at radius 3 is 2.71 bits per heavy atom. The Morgan fingerprint density at radius 1 is 1.38 bits per heavy atom. The van der Waals surface area contributed by atoms with Gasteiger partial charge in [0.2, 0.25) is 0 Å². The molecule has 0 aliphatic carbocycles. The quantitative estimate of drug-likeness (QED) is 0.846. The number of pyridine rings is 1. The minimum absolute atomic E-state index is 0.506. The molecule has 2 heterocycles. The fourth-order valence-electron chi connectivity index (χ4n) is 1.66. The molecule has 0 amide bonds. The number of hydrogen-bond acceptors (Lipinski definition) is 5. The van der Waals surface area contributed by atoms with Crippen LogP contribution in [-0.4, -0.2) is 47.0 Å². The third kappa shape index (κ3) is 4.46. The molecule has 1 aromatic rings. The molecule has 0 radical (unpaired) electrons. The van der Waals surface area contributed by atoms with E-state index in [0.29, 0.717) is 5.75 Å². The monoisotopic (exact) mass is 303 g/mol. The van der Waals surface area contributed by atoms with Gasteiger partial charge < -0.3 is 10.0 Å². The average Bonchev–Trinajstić information content (AvgIpc) is 2.93. The summed E-state index contributed by atoms with van der Waals surface area (Å²) >= 11 is 1.46. The molecule has 1 atom stereocenters. The fourth-order valence-corrected chi connectivity index (χ4v) is 2.59. The second-order valence-corrected chi connectivity index (χ2v) is 5.73. The van der Waals surface area contributed by atoms with Crippen molar-refractivity contribution in [2.24, 2.45) is 4.99 Å². The maximum Gasteiger partial charge on any atom is 0.329 e. The lowest BCUT2D eigenvalue weighted by Crippen LogP contribution is -2.16. The van der Waals surface area contributed by atoms with Crippen LogP contribution in [0, 0.1) is 0 Å². The summed E-state index contributed by atoms with van der Waals surface area (Å²) in [5, 5.41) is 9.60. The summed E-state index contributed by atoms with van der Waals surface area (Å²) in [6, 6.07) is 3.34. The summed E-state index contributed by atoms with van der Waals surface area (Å²) in [5.41, 5.74) is 1.92. The van der Waals surface area contributed by atoms with Crippen molar-refractivity contribution in [1.29, 1.82) is 0 Å². The zero-order valence-electron chi connectivity index (χ0n) is 11.9. The molecule has 0 bridgehead atoms. The number of thioether (sulfide) groups is 1. The van der Waals surface area contributed by atoms with Gasteiger partial charge in [-0.1, -0.05) is 12.2 Å². The number of carbonyl (C=O) groups is 1. The van der Waals surface area contributed by atoms with Crippen molar-refractivity contribution in [2.45, 2.75) is 6.04 Å². The van der Waals surface area contributed by atoms with E-state index in [9.17, 15) is 4.79 Å². The molecule has 0 aromatic carbocycles. The first-order chi connectivity index (χ1) is 10.1. The van der Waals surface area contributed by atoms with Gasteiger partial charge in [-0.05, 0) is 24.3 Å². The van der Waals surface area contributed by atoms with E-state index in [-0.39, 0.29) is 0 Å². The molecule has 110 valence electrons. The second kappa shape index (κ2) is 7.08. The Balaban J connectivity index is 1.92. The molecule has 1 aromatic heterocycles. The second-order valence-electron chi connectivity index (χ2n) is 4.69. The third-order valence-electron chi connectivity index (χ3n) is 2.86. The minimum Gasteiger partial charge on any atom is -0.480 e. The number of allylic oxidation sites excluding steroid dienone is 2. The predicted molar refractivity (Wildman–Crippen MR) is 88.1 cm³/mol. The van der Waals surface area contributed by atoms with Crippen LogP contribution in [0.3, 0.4) is 0 Å². The highest BCUT2D eigenvalue weighted by molar-refractivity contribution is 8.14. The number of rotatable bonds is 5. The molecular formula is C15H17N3O2S. The number of nitrogens with zero attached hydrogens (tertiary/aromatic N) is 3. The largest absolute Gasteiger partial charge is 0.480 e. The summed E-state index contributed by atoms with van der Waals surface area (Å²) in [4.78, 5) is 21.2. The highest BCUT2D eigenvalue weighted by Gasteiger charge is 2.22. The number of hydrogen-bond donors (Lipinski definition) is 1. The molecule has 1 aliphatic heterocycles. The standard InChI is InChI=1S/C15H17N3O2S/c1-18(2)12-8-7-11(16-9-12)5-3-4-6-14-17-13(10-21-14)15(19)20/h3-9,13H,10H2,1-2H3,(H,19,20)/b5-3+,6-4+/t13-/m1/s1. The fraction of sp³-hybridized carbons (Fsp3) is 0.267. The highest BCUT2D eigenvalue weighted by Crippen LogP contribution is 2.19. The van der Waals surface area contributed by atoms with E-state index in [0.717, 1.165) is 16.4 Å². The molecular weight excluding hydrogens is 286 g/mol. The smallest absolute Gasteiger partial charge is 0.329 e. The first kappa shape index (κ1) is 15.3. The van der Waals surface area contributed by atoms with Crippen molar-refractivity contribution >= 4 is 34.5 Å². The predicted octanol–water partition coefficient (Wildman–Crippen LogP) is 2.32. The van der Waals surface area contributed by atoms with Crippen molar-refractivity contribution < 1.29 is 9.90 Å². The summed E-state index contributed by atoms with van der Waals surface area (Å²) in [7, 11) is 3.94. The number of anilines is 1. The lowest BCUT2D eigenvalue weighted by molar-refractivity contribution is -0.137.